The lowest BCUT2D eigenvalue weighted by atomic mass is 10.0. The van der Waals surface area contributed by atoms with Gasteiger partial charge in [0.1, 0.15) is 17.3 Å². The molecule has 0 bridgehead atoms. The zero-order valence-corrected chi connectivity index (χ0v) is 21.7. The number of anilines is 1. The minimum atomic E-state index is -0.0922. The van der Waals surface area contributed by atoms with Gasteiger partial charge in [-0.05, 0) is 66.3 Å². The molecule has 0 radical (unpaired) electrons. The van der Waals surface area contributed by atoms with Crippen molar-refractivity contribution in [2.45, 2.75) is 6.42 Å². The Kier molecular flexibility index (Phi) is 8.13. The largest absolute Gasteiger partial charge is 0.457 e. The number of amides is 1. The van der Waals surface area contributed by atoms with Gasteiger partial charge in [-0.3, -0.25) is 9.69 Å². The molecule has 1 amide bonds. The van der Waals surface area contributed by atoms with Crippen molar-refractivity contribution in [3.8, 4) is 11.5 Å². The highest BCUT2D eigenvalue weighted by Gasteiger charge is 2.22. The van der Waals surface area contributed by atoms with Crippen molar-refractivity contribution in [2.24, 2.45) is 5.92 Å². The summed E-state index contributed by atoms with van der Waals surface area (Å²) in [6.07, 6.45) is 2.87. The lowest BCUT2D eigenvalue weighted by Gasteiger charge is -2.36. The molecule has 1 fully saturated rings. The van der Waals surface area contributed by atoms with Crippen LogP contribution in [0.15, 0.2) is 91.5 Å². The van der Waals surface area contributed by atoms with Gasteiger partial charge < -0.3 is 15.0 Å². The molecule has 6 nitrogen and oxygen atoms in total. The van der Waals surface area contributed by atoms with E-state index in [1.54, 1.807) is 17.6 Å². The maximum Gasteiger partial charge on any atom is 0.251 e. The van der Waals surface area contributed by atoms with Crippen LogP contribution in [0.2, 0.25) is 0 Å². The monoisotopic (exact) mass is 512 g/mol. The molecular weight excluding hydrogens is 480 g/mol. The number of aromatic nitrogens is 1. The number of nitrogens with one attached hydrogen (secondary N) is 1. The fraction of sp³-hybridized carbons (Fsp3) is 0.267. The Hall–Kier alpha value is -3.68. The highest BCUT2D eigenvalue weighted by Crippen LogP contribution is 2.30. The normalized spacial score (nSPS) is 14.9. The molecule has 0 aliphatic carbocycles. The fourth-order valence-corrected chi connectivity index (χ4v) is 5.45. The van der Waals surface area contributed by atoms with Crippen LogP contribution in [-0.2, 0) is 0 Å². The number of benzene rings is 3. The standard InChI is InChI=1S/C30H32N4O2S/c1-2-23(22-33-17-19-34(20-18-33)29-27-13-6-7-14-28(27)37-32-29)15-16-31-30(35)24-9-8-12-26(21-24)36-25-10-4-3-5-11-25/h2-14,21,23H,1,15-20,22H2,(H,31,35)/t23-/m0/s1. The number of fused-ring (bicyclic) bond motifs is 1. The van der Waals surface area contributed by atoms with Crippen LogP contribution in [0.4, 0.5) is 5.82 Å². The zero-order chi connectivity index (χ0) is 25.5. The Balaban J connectivity index is 1.07. The lowest BCUT2D eigenvalue weighted by molar-refractivity contribution is 0.0950. The minimum Gasteiger partial charge on any atom is -0.457 e. The highest BCUT2D eigenvalue weighted by atomic mass is 32.1. The Bertz CT molecular complexity index is 1330. The van der Waals surface area contributed by atoms with Crippen molar-refractivity contribution in [3.63, 3.8) is 0 Å². The molecule has 1 saturated heterocycles. The van der Waals surface area contributed by atoms with Crippen LogP contribution >= 0.6 is 11.5 Å². The molecule has 4 aromatic rings. The van der Waals surface area contributed by atoms with Crippen LogP contribution in [0, 0.1) is 5.92 Å². The van der Waals surface area contributed by atoms with Crippen LogP contribution in [0.3, 0.4) is 0 Å². The molecule has 1 aliphatic rings. The second-order valence-corrected chi connectivity index (χ2v) is 10.1. The first-order chi connectivity index (χ1) is 18.2. The zero-order valence-electron chi connectivity index (χ0n) is 20.9. The molecule has 7 heteroatoms. The first-order valence-corrected chi connectivity index (χ1v) is 13.5. The van der Waals surface area contributed by atoms with E-state index in [1.807, 2.05) is 54.6 Å². The third-order valence-electron chi connectivity index (χ3n) is 6.73. The molecule has 2 heterocycles. The van der Waals surface area contributed by atoms with Crippen molar-refractivity contribution in [1.29, 1.82) is 0 Å². The van der Waals surface area contributed by atoms with Gasteiger partial charge >= 0.3 is 0 Å². The maximum atomic E-state index is 12.7. The van der Waals surface area contributed by atoms with E-state index in [9.17, 15) is 4.79 Å². The molecule has 0 saturated carbocycles. The van der Waals surface area contributed by atoms with E-state index in [2.05, 4.69) is 46.0 Å². The number of nitrogens with zero attached hydrogens (tertiary/aromatic N) is 3. The topological polar surface area (TPSA) is 57.7 Å². The molecule has 37 heavy (non-hydrogen) atoms. The molecule has 1 aromatic heterocycles. The smallest absolute Gasteiger partial charge is 0.251 e. The molecule has 1 N–H and O–H groups in total. The van der Waals surface area contributed by atoms with Crippen LogP contribution < -0.4 is 15.0 Å². The van der Waals surface area contributed by atoms with E-state index >= 15 is 0 Å². The summed E-state index contributed by atoms with van der Waals surface area (Å²) >= 11 is 1.57. The van der Waals surface area contributed by atoms with Gasteiger partial charge in [-0.2, -0.15) is 4.37 Å². The Morgan fingerprint density at radius 1 is 1.00 bits per heavy atom. The minimum absolute atomic E-state index is 0.0922. The average molecular weight is 513 g/mol. The molecule has 0 unspecified atom stereocenters. The van der Waals surface area contributed by atoms with Crippen molar-refractivity contribution in [2.75, 3.05) is 44.2 Å². The first kappa shape index (κ1) is 25.0. The summed E-state index contributed by atoms with van der Waals surface area (Å²) in [5.74, 6) is 2.73. The number of hydrogen-bond acceptors (Lipinski definition) is 6. The summed E-state index contributed by atoms with van der Waals surface area (Å²) in [4.78, 5) is 17.6. The SMILES string of the molecule is C=C[C@@H](CCNC(=O)c1cccc(Oc2ccccc2)c1)CN1CCN(c2nsc3ccccc23)CC1. The van der Waals surface area contributed by atoms with E-state index in [-0.39, 0.29) is 5.91 Å². The van der Waals surface area contributed by atoms with Gasteiger partial charge in [0.25, 0.3) is 5.91 Å². The van der Waals surface area contributed by atoms with Gasteiger partial charge in [0.05, 0.1) is 4.70 Å². The van der Waals surface area contributed by atoms with Crippen LogP contribution in [0.1, 0.15) is 16.8 Å². The number of para-hydroxylation sites is 1. The molecule has 0 spiro atoms. The number of rotatable bonds is 10. The van der Waals surface area contributed by atoms with Crippen molar-refractivity contribution < 1.29 is 9.53 Å². The third-order valence-corrected chi connectivity index (χ3v) is 7.55. The summed E-state index contributed by atoms with van der Waals surface area (Å²) in [5.41, 5.74) is 0.592. The summed E-state index contributed by atoms with van der Waals surface area (Å²) in [7, 11) is 0. The molecule has 1 aliphatic heterocycles. The van der Waals surface area contributed by atoms with Crippen LogP contribution in [0.25, 0.3) is 10.1 Å². The third kappa shape index (κ3) is 6.37. The van der Waals surface area contributed by atoms with E-state index in [0.717, 1.165) is 50.7 Å². The Labute approximate surface area is 222 Å². The quantitative estimate of drug-likeness (QED) is 0.271. The molecule has 5 rings (SSSR count). The van der Waals surface area contributed by atoms with Crippen LogP contribution in [0.5, 0.6) is 11.5 Å². The number of piperazine rings is 1. The van der Waals surface area contributed by atoms with E-state index < -0.39 is 0 Å². The Morgan fingerprint density at radius 3 is 2.57 bits per heavy atom. The fourth-order valence-electron chi connectivity index (χ4n) is 4.66. The predicted molar refractivity (Wildman–Crippen MR) is 152 cm³/mol. The summed E-state index contributed by atoms with van der Waals surface area (Å²) in [6.45, 7) is 9.53. The van der Waals surface area contributed by atoms with Gasteiger partial charge in [0.15, 0.2) is 0 Å². The second-order valence-electron chi connectivity index (χ2n) is 9.27. The van der Waals surface area contributed by atoms with Gasteiger partial charge in [0, 0.05) is 50.2 Å². The average Bonchev–Trinajstić information content (AvgIpc) is 3.38. The van der Waals surface area contributed by atoms with Crippen molar-refractivity contribution in [3.05, 3.63) is 97.1 Å². The summed E-state index contributed by atoms with van der Waals surface area (Å²) in [6, 6.07) is 25.3. The van der Waals surface area contributed by atoms with Crippen molar-refractivity contribution >= 4 is 33.3 Å². The van der Waals surface area contributed by atoms with Gasteiger partial charge in [-0.15, -0.1) is 6.58 Å². The van der Waals surface area contributed by atoms with Gasteiger partial charge in [-0.1, -0.05) is 42.5 Å². The van der Waals surface area contributed by atoms with Gasteiger partial charge in [-0.25, -0.2) is 0 Å². The van der Waals surface area contributed by atoms with Crippen LogP contribution in [-0.4, -0.2) is 54.4 Å². The predicted octanol–water partition coefficient (Wildman–Crippen LogP) is 5.83. The van der Waals surface area contributed by atoms with E-state index in [4.69, 9.17) is 9.11 Å². The molecule has 1 atom stereocenters. The highest BCUT2D eigenvalue weighted by molar-refractivity contribution is 7.13. The second kappa shape index (κ2) is 12.0. The summed E-state index contributed by atoms with van der Waals surface area (Å²) in [5, 5.41) is 4.31. The summed E-state index contributed by atoms with van der Waals surface area (Å²) < 4.78 is 11.8. The number of carbonyl (C=O) groups is 1. The number of hydrogen-bond donors (Lipinski definition) is 1. The van der Waals surface area contributed by atoms with Gasteiger partial charge in [0.2, 0.25) is 0 Å². The van der Waals surface area contributed by atoms with E-state index in [1.165, 1.54) is 10.1 Å². The number of ether oxygens (including phenoxy) is 1. The Morgan fingerprint density at radius 2 is 1.76 bits per heavy atom. The molecule has 3 aromatic carbocycles. The maximum absolute atomic E-state index is 12.7. The molecule has 190 valence electrons. The first-order valence-electron chi connectivity index (χ1n) is 12.7. The number of carbonyl (C=O) groups excluding carboxylic acids is 1. The molecular formula is C30H32N4O2S. The van der Waals surface area contributed by atoms with E-state index in [0.29, 0.717) is 23.8 Å². The lowest BCUT2D eigenvalue weighted by Crippen LogP contribution is -2.48. The van der Waals surface area contributed by atoms with Crippen molar-refractivity contribution in [1.82, 2.24) is 14.6 Å².